The van der Waals surface area contributed by atoms with Gasteiger partial charge in [-0.2, -0.15) is 13.2 Å². The molecule has 0 fully saturated rings. The summed E-state index contributed by atoms with van der Waals surface area (Å²) in [7, 11) is 0. The third-order valence-corrected chi connectivity index (χ3v) is 2.42. The number of hydrogen-bond acceptors (Lipinski definition) is 3. The van der Waals surface area contributed by atoms with Crippen molar-refractivity contribution in [2.75, 3.05) is 13.3 Å². The fourth-order valence-electron chi connectivity index (χ4n) is 1.47. The van der Waals surface area contributed by atoms with Crippen molar-refractivity contribution in [3.8, 4) is 11.5 Å². The molecule has 0 bridgehead atoms. The molecule has 1 aliphatic rings. The molecule has 0 radical (unpaired) electrons. The molecule has 94 valence electrons. The molecule has 0 amide bonds. The molecule has 0 aliphatic carbocycles. The number of ether oxygens (including phenoxy) is 2. The maximum atomic E-state index is 11.9. The standard InChI is InChI=1S/C10H9ClF3NO2/c11-7-1-6(3-15-4-10(12,13)14)2-8-9(7)17-5-16-8/h1-2,15H,3-5H2. The van der Waals surface area contributed by atoms with Crippen LogP contribution in [0.15, 0.2) is 12.1 Å². The minimum atomic E-state index is -4.22. The topological polar surface area (TPSA) is 30.5 Å². The molecular weight excluding hydrogens is 259 g/mol. The molecule has 0 aromatic heterocycles. The Balaban J connectivity index is 2.00. The van der Waals surface area contributed by atoms with E-state index in [4.69, 9.17) is 21.1 Å². The van der Waals surface area contributed by atoms with Crippen LogP contribution in [0.2, 0.25) is 5.02 Å². The van der Waals surface area contributed by atoms with E-state index in [2.05, 4.69) is 5.32 Å². The molecule has 7 heteroatoms. The number of hydrogen-bond donors (Lipinski definition) is 1. The SMILES string of the molecule is FC(F)(F)CNCc1cc(Cl)c2c(c1)OCO2. The maximum Gasteiger partial charge on any atom is 0.401 e. The van der Waals surface area contributed by atoms with Gasteiger partial charge in [-0.15, -0.1) is 0 Å². The molecule has 0 saturated heterocycles. The highest BCUT2D eigenvalue weighted by molar-refractivity contribution is 6.32. The summed E-state index contributed by atoms with van der Waals surface area (Å²) in [5.41, 5.74) is 0.614. The Morgan fingerprint density at radius 3 is 2.76 bits per heavy atom. The average Bonchev–Trinajstić information content (AvgIpc) is 2.64. The molecule has 0 atom stereocenters. The quantitative estimate of drug-likeness (QED) is 0.913. The molecule has 1 aliphatic heterocycles. The predicted molar refractivity (Wildman–Crippen MR) is 55.3 cm³/mol. The van der Waals surface area contributed by atoms with Crippen LogP contribution in [0.25, 0.3) is 0 Å². The van der Waals surface area contributed by atoms with E-state index in [9.17, 15) is 13.2 Å². The zero-order valence-electron chi connectivity index (χ0n) is 8.60. The molecule has 1 aromatic rings. The van der Waals surface area contributed by atoms with Gasteiger partial charge in [0.25, 0.3) is 0 Å². The van der Waals surface area contributed by atoms with Crippen molar-refractivity contribution < 1.29 is 22.6 Å². The van der Waals surface area contributed by atoms with E-state index in [0.717, 1.165) is 0 Å². The lowest BCUT2D eigenvalue weighted by atomic mass is 10.2. The number of benzene rings is 1. The molecule has 1 aromatic carbocycles. The normalized spacial score (nSPS) is 14.1. The number of halogens is 4. The number of alkyl halides is 3. The first-order chi connectivity index (χ1) is 7.96. The van der Waals surface area contributed by atoms with Crippen LogP contribution in [0.1, 0.15) is 5.56 Å². The van der Waals surface area contributed by atoms with Gasteiger partial charge in [-0.1, -0.05) is 11.6 Å². The van der Waals surface area contributed by atoms with Crippen molar-refractivity contribution in [1.29, 1.82) is 0 Å². The van der Waals surface area contributed by atoms with E-state index < -0.39 is 12.7 Å². The minimum Gasteiger partial charge on any atom is -0.454 e. The molecule has 17 heavy (non-hydrogen) atoms. The van der Waals surface area contributed by atoms with Crippen LogP contribution in [0.5, 0.6) is 11.5 Å². The highest BCUT2D eigenvalue weighted by Gasteiger charge is 2.26. The zero-order valence-corrected chi connectivity index (χ0v) is 9.36. The van der Waals surface area contributed by atoms with Crippen LogP contribution in [-0.2, 0) is 6.54 Å². The highest BCUT2D eigenvalue weighted by Crippen LogP contribution is 2.39. The summed E-state index contributed by atoms with van der Waals surface area (Å²) in [6, 6.07) is 3.16. The first-order valence-electron chi connectivity index (χ1n) is 4.81. The van der Waals surface area contributed by atoms with Crippen LogP contribution in [0, 0.1) is 0 Å². The summed E-state index contributed by atoms with van der Waals surface area (Å²) in [6.07, 6.45) is -4.22. The second-order valence-corrected chi connectivity index (χ2v) is 3.94. The molecule has 0 unspecified atom stereocenters. The minimum absolute atomic E-state index is 0.0653. The highest BCUT2D eigenvalue weighted by atomic mass is 35.5. The molecule has 2 rings (SSSR count). The van der Waals surface area contributed by atoms with Crippen LogP contribution >= 0.6 is 11.6 Å². The summed E-state index contributed by atoms with van der Waals surface area (Å²) < 4.78 is 46.0. The number of nitrogens with one attached hydrogen (secondary N) is 1. The fraction of sp³-hybridized carbons (Fsp3) is 0.400. The van der Waals surface area contributed by atoms with Gasteiger partial charge in [0.15, 0.2) is 11.5 Å². The maximum absolute atomic E-state index is 11.9. The molecule has 0 spiro atoms. The van der Waals surface area contributed by atoms with Gasteiger partial charge in [-0.25, -0.2) is 0 Å². The largest absolute Gasteiger partial charge is 0.454 e. The monoisotopic (exact) mass is 267 g/mol. The second kappa shape index (κ2) is 4.62. The van der Waals surface area contributed by atoms with E-state index in [1.807, 2.05) is 0 Å². The Kier molecular flexibility index (Phi) is 3.35. The van der Waals surface area contributed by atoms with Crippen molar-refractivity contribution in [1.82, 2.24) is 5.32 Å². The van der Waals surface area contributed by atoms with Gasteiger partial charge in [-0.05, 0) is 17.7 Å². The molecule has 1 N–H and O–H groups in total. The predicted octanol–water partition coefficient (Wildman–Crippen LogP) is 2.72. The van der Waals surface area contributed by atoms with Crippen molar-refractivity contribution >= 4 is 11.6 Å². The van der Waals surface area contributed by atoms with E-state index >= 15 is 0 Å². The Bertz CT molecular complexity index is 423. The van der Waals surface area contributed by atoms with Gasteiger partial charge in [0, 0.05) is 6.54 Å². The summed E-state index contributed by atoms with van der Waals surface area (Å²) in [5, 5.41) is 2.62. The Morgan fingerprint density at radius 2 is 2.06 bits per heavy atom. The van der Waals surface area contributed by atoms with E-state index in [1.165, 1.54) is 0 Å². The lowest BCUT2D eigenvalue weighted by Gasteiger charge is -2.09. The third-order valence-electron chi connectivity index (χ3n) is 2.14. The summed E-state index contributed by atoms with van der Waals surface area (Å²) in [5.74, 6) is 0.896. The van der Waals surface area contributed by atoms with Crippen LogP contribution < -0.4 is 14.8 Å². The van der Waals surface area contributed by atoms with Crippen molar-refractivity contribution in [2.45, 2.75) is 12.7 Å². The van der Waals surface area contributed by atoms with Gasteiger partial charge in [0.05, 0.1) is 11.6 Å². The fourth-order valence-corrected chi connectivity index (χ4v) is 1.76. The van der Waals surface area contributed by atoms with Gasteiger partial charge in [-0.3, -0.25) is 0 Å². The van der Waals surface area contributed by atoms with E-state index in [-0.39, 0.29) is 13.3 Å². The average molecular weight is 268 g/mol. The van der Waals surface area contributed by atoms with Crippen LogP contribution in [0.4, 0.5) is 13.2 Å². The molecule has 3 nitrogen and oxygen atoms in total. The lowest BCUT2D eigenvalue weighted by Crippen LogP contribution is -2.28. The van der Waals surface area contributed by atoms with Crippen LogP contribution in [0.3, 0.4) is 0 Å². The Labute approximate surface area is 100 Å². The molecular formula is C10H9ClF3NO2. The van der Waals surface area contributed by atoms with E-state index in [0.29, 0.717) is 22.1 Å². The number of rotatable bonds is 3. The summed E-state index contributed by atoms with van der Waals surface area (Å²) in [4.78, 5) is 0. The number of fused-ring (bicyclic) bond motifs is 1. The summed E-state index contributed by atoms with van der Waals surface area (Å²) in [6.45, 7) is -0.899. The van der Waals surface area contributed by atoms with Crippen molar-refractivity contribution in [3.05, 3.63) is 22.7 Å². The van der Waals surface area contributed by atoms with Gasteiger partial charge < -0.3 is 14.8 Å². The first-order valence-corrected chi connectivity index (χ1v) is 5.19. The first kappa shape index (κ1) is 12.3. The van der Waals surface area contributed by atoms with Crippen molar-refractivity contribution in [2.24, 2.45) is 0 Å². The van der Waals surface area contributed by atoms with Crippen molar-refractivity contribution in [3.63, 3.8) is 0 Å². The van der Waals surface area contributed by atoms with Crippen LogP contribution in [-0.4, -0.2) is 19.5 Å². The second-order valence-electron chi connectivity index (χ2n) is 3.53. The third kappa shape index (κ3) is 3.17. The zero-order chi connectivity index (χ0) is 12.5. The lowest BCUT2D eigenvalue weighted by molar-refractivity contribution is -0.125. The van der Waals surface area contributed by atoms with Gasteiger partial charge in [0.1, 0.15) is 0 Å². The Morgan fingerprint density at radius 1 is 1.29 bits per heavy atom. The summed E-state index contributed by atoms with van der Waals surface area (Å²) >= 11 is 5.89. The van der Waals surface area contributed by atoms with Gasteiger partial charge >= 0.3 is 6.18 Å². The smallest absolute Gasteiger partial charge is 0.401 e. The van der Waals surface area contributed by atoms with Gasteiger partial charge in [0.2, 0.25) is 6.79 Å². The molecule has 0 saturated carbocycles. The molecule has 1 heterocycles. The Hall–Kier alpha value is -1.14. The van der Waals surface area contributed by atoms with E-state index in [1.54, 1.807) is 12.1 Å².